The Balaban J connectivity index is 2.02. The highest BCUT2D eigenvalue weighted by Gasteiger charge is 2.22. The van der Waals surface area contributed by atoms with Crippen molar-refractivity contribution in [2.45, 2.75) is 40.3 Å². The first-order chi connectivity index (χ1) is 9.54. The number of carbonyl (C=O) groups is 1. The van der Waals surface area contributed by atoms with Gasteiger partial charge >= 0.3 is 0 Å². The standard InChI is InChI=1S/C17H26N2O/c1-13-8-14(2)11-19(10-13)12-17-7-5-4-6-16(17)9-18-15(3)20/h4-7,13-14H,8-12H2,1-3H3,(H,18,20). The molecular weight excluding hydrogens is 248 g/mol. The van der Waals surface area contributed by atoms with Gasteiger partial charge in [0, 0.05) is 33.1 Å². The van der Waals surface area contributed by atoms with Crippen molar-refractivity contribution in [1.82, 2.24) is 10.2 Å². The molecule has 0 aromatic heterocycles. The molecule has 0 bridgehead atoms. The molecule has 1 fully saturated rings. The fraction of sp³-hybridized carbons (Fsp3) is 0.588. The van der Waals surface area contributed by atoms with E-state index in [1.165, 1.54) is 30.6 Å². The molecule has 1 amide bonds. The largest absolute Gasteiger partial charge is 0.352 e. The summed E-state index contributed by atoms with van der Waals surface area (Å²) in [4.78, 5) is 13.6. The predicted molar refractivity (Wildman–Crippen MR) is 82.2 cm³/mol. The smallest absolute Gasteiger partial charge is 0.217 e. The summed E-state index contributed by atoms with van der Waals surface area (Å²) in [5, 5.41) is 2.90. The van der Waals surface area contributed by atoms with Gasteiger partial charge in [-0.25, -0.2) is 0 Å². The first kappa shape index (κ1) is 15.0. The first-order valence-corrected chi connectivity index (χ1v) is 7.58. The Morgan fingerprint density at radius 1 is 1.20 bits per heavy atom. The van der Waals surface area contributed by atoms with Crippen LogP contribution >= 0.6 is 0 Å². The van der Waals surface area contributed by atoms with Crippen molar-refractivity contribution in [3.8, 4) is 0 Å². The van der Waals surface area contributed by atoms with Crippen LogP contribution in [0.5, 0.6) is 0 Å². The van der Waals surface area contributed by atoms with Gasteiger partial charge in [-0.15, -0.1) is 0 Å². The van der Waals surface area contributed by atoms with E-state index in [0.717, 1.165) is 18.4 Å². The van der Waals surface area contributed by atoms with Gasteiger partial charge in [0.1, 0.15) is 0 Å². The minimum absolute atomic E-state index is 0.0278. The molecule has 3 nitrogen and oxygen atoms in total. The van der Waals surface area contributed by atoms with E-state index in [-0.39, 0.29) is 5.91 Å². The lowest BCUT2D eigenvalue weighted by Gasteiger charge is -2.35. The number of rotatable bonds is 4. The van der Waals surface area contributed by atoms with E-state index in [1.54, 1.807) is 6.92 Å². The fourth-order valence-corrected chi connectivity index (χ4v) is 3.27. The highest BCUT2D eigenvalue weighted by atomic mass is 16.1. The molecule has 1 saturated heterocycles. The molecule has 0 aliphatic carbocycles. The fourth-order valence-electron chi connectivity index (χ4n) is 3.27. The lowest BCUT2D eigenvalue weighted by atomic mass is 9.91. The van der Waals surface area contributed by atoms with Crippen LogP contribution in [0.25, 0.3) is 0 Å². The minimum atomic E-state index is 0.0278. The number of hydrogen-bond acceptors (Lipinski definition) is 2. The van der Waals surface area contributed by atoms with E-state index < -0.39 is 0 Å². The van der Waals surface area contributed by atoms with Crippen molar-refractivity contribution in [1.29, 1.82) is 0 Å². The molecule has 1 aliphatic rings. The van der Waals surface area contributed by atoms with Gasteiger partial charge in [-0.2, -0.15) is 0 Å². The summed E-state index contributed by atoms with van der Waals surface area (Å²) in [7, 11) is 0. The third-order valence-electron chi connectivity index (χ3n) is 3.98. The molecule has 0 saturated carbocycles. The molecule has 3 heteroatoms. The zero-order chi connectivity index (χ0) is 14.5. The van der Waals surface area contributed by atoms with Crippen molar-refractivity contribution >= 4 is 5.91 Å². The van der Waals surface area contributed by atoms with Crippen LogP contribution in [0.1, 0.15) is 38.3 Å². The minimum Gasteiger partial charge on any atom is -0.352 e. The summed E-state index contributed by atoms with van der Waals surface area (Å²) in [6.07, 6.45) is 1.34. The Morgan fingerprint density at radius 3 is 2.40 bits per heavy atom. The number of likely N-dealkylation sites (tertiary alicyclic amines) is 1. The van der Waals surface area contributed by atoms with E-state index in [0.29, 0.717) is 6.54 Å². The molecule has 1 N–H and O–H groups in total. The van der Waals surface area contributed by atoms with Crippen molar-refractivity contribution in [3.05, 3.63) is 35.4 Å². The molecule has 20 heavy (non-hydrogen) atoms. The van der Waals surface area contributed by atoms with E-state index in [4.69, 9.17) is 0 Å². The Morgan fingerprint density at radius 2 is 1.80 bits per heavy atom. The topological polar surface area (TPSA) is 32.3 Å². The predicted octanol–water partition coefficient (Wildman–Crippen LogP) is 2.80. The third-order valence-corrected chi connectivity index (χ3v) is 3.98. The monoisotopic (exact) mass is 274 g/mol. The second-order valence-corrected chi connectivity index (χ2v) is 6.32. The summed E-state index contributed by atoms with van der Waals surface area (Å²) in [5.74, 6) is 1.59. The van der Waals surface area contributed by atoms with Crippen LogP contribution in [0.15, 0.2) is 24.3 Å². The maximum Gasteiger partial charge on any atom is 0.217 e. The normalized spacial score (nSPS) is 23.6. The van der Waals surface area contributed by atoms with Gasteiger partial charge in [-0.1, -0.05) is 38.1 Å². The SMILES string of the molecule is CC(=O)NCc1ccccc1CN1CC(C)CC(C)C1. The van der Waals surface area contributed by atoms with Crippen LogP contribution in [-0.2, 0) is 17.9 Å². The summed E-state index contributed by atoms with van der Waals surface area (Å²) in [6.45, 7) is 10.2. The van der Waals surface area contributed by atoms with Gasteiger partial charge in [0.25, 0.3) is 0 Å². The molecule has 1 heterocycles. The zero-order valence-electron chi connectivity index (χ0n) is 12.9. The van der Waals surface area contributed by atoms with Crippen LogP contribution in [0.4, 0.5) is 0 Å². The average molecular weight is 274 g/mol. The van der Waals surface area contributed by atoms with E-state index in [2.05, 4.69) is 42.3 Å². The van der Waals surface area contributed by atoms with Crippen molar-refractivity contribution in [2.24, 2.45) is 11.8 Å². The van der Waals surface area contributed by atoms with Gasteiger partial charge < -0.3 is 5.32 Å². The first-order valence-electron chi connectivity index (χ1n) is 7.58. The number of hydrogen-bond donors (Lipinski definition) is 1. The summed E-state index contributed by atoms with van der Waals surface area (Å²) < 4.78 is 0. The molecule has 2 unspecified atom stereocenters. The number of benzene rings is 1. The van der Waals surface area contributed by atoms with Crippen molar-refractivity contribution in [3.63, 3.8) is 0 Å². The van der Waals surface area contributed by atoms with Crippen molar-refractivity contribution < 1.29 is 4.79 Å². The molecule has 1 aromatic rings. The number of nitrogens with zero attached hydrogens (tertiary/aromatic N) is 1. The maximum absolute atomic E-state index is 11.1. The Bertz CT molecular complexity index is 448. The molecule has 1 aromatic carbocycles. The van der Waals surface area contributed by atoms with Gasteiger partial charge in [-0.05, 0) is 29.4 Å². The number of amides is 1. The highest BCUT2D eigenvalue weighted by Crippen LogP contribution is 2.23. The van der Waals surface area contributed by atoms with Gasteiger partial charge in [0.05, 0.1) is 0 Å². The van der Waals surface area contributed by atoms with Crippen LogP contribution in [0.2, 0.25) is 0 Å². The van der Waals surface area contributed by atoms with E-state index >= 15 is 0 Å². The Hall–Kier alpha value is -1.35. The number of piperidine rings is 1. The van der Waals surface area contributed by atoms with Gasteiger partial charge in [0.15, 0.2) is 0 Å². The molecule has 2 rings (SSSR count). The molecular formula is C17H26N2O. The van der Waals surface area contributed by atoms with Gasteiger partial charge in [-0.3, -0.25) is 9.69 Å². The lowest BCUT2D eigenvalue weighted by Crippen LogP contribution is -2.38. The number of carbonyl (C=O) groups excluding carboxylic acids is 1. The molecule has 1 aliphatic heterocycles. The third kappa shape index (κ3) is 4.34. The highest BCUT2D eigenvalue weighted by molar-refractivity contribution is 5.72. The Kier molecular flexibility index (Phi) is 5.18. The molecule has 2 atom stereocenters. The van der Waals surface area contributed by atoms with Crippen LogP contribution < -0.4 is 5.32 Å². The van der Waals surface area contributed by atoms with Crippen LogP contribution in [-0.4, -0.2) is 23.9 Å². The summed E-state index contributed by atoms with van der Waals surface area (Å²) in [5.41, 5.74) is 2.57. The van der Waals surface area contributed by atoms with Crippen LogP contribution in [0.3, 0.4) is 0 Å². The van der Waals surface area contributed by atoms with Crippen molar-refractivity contribution in [2.75, 3.05) is 13.1 Å². The molecule has 110 valence electrons. The molecule has 0 radical (unpaired) electrons. The number of nitrogens with one attached hydrogen (secondary N) is 1. The Labute approximate surface area is 122 Å². The van der Waals surface area contributed by atoms with Gasteiger partial charge in [0.2, 0.25) is 5.91 Å². The summed E-state index contributed by atoms with van der Waals surface area (Å²) in [6, 6.07) is 8.43. The van der Waals surface area contributed by atoms with Crippen LogP contribution in [0, 0.1) is 11.8 Å². The lowest BCUT2D eigenvalue weighted by molar-refractivity contribution is -0.119. The quantitative estimate of drug-likeness (QED) is 0.915. The van der Waals surface area contributed by atoms with E-state index in [1.807, 2.05) is 6.07 Å². The van der Waals surface area contributed by atoms with E-state index in [9.17, 15) is 4.79 Å². The second-order valence-electron chi connectivity index (χ2n) is 6.32. The average Bonchev–Trinajstić information content (AvgIpc) is 2.36. The molecule has 0 spiro atoms. The summed E-state index contributed by atoms with van der Waals surface area (Å²) >= 11 is 0. The maximum atomic E-state index is 11.1. The zero-order valence-corrected chi connectivity index (χ0v) is 12.9. The second kappa shape index (κ2) is 6.89.